The number of ether oxygens (including phenoxy) is 1. The van der Waals surface area contributed by atoms with Crippen LogP contribution in [0.2, 0.25) is 0 Å². The third kappa shape index (κ3) is 2.92. The molecule has 2 amide bonds. The van der Waals surface area contributed by atoms with Crippen LogP contribution in [0.25, 0.3) is 0 Å². The van der Waals surface area contributed by atoms with E-state index in [1.807, 2.05) is 13.0 Å². The topological polar surface area (TPSA) is 137 Å². The summed E-state index contributed by atoms with van der Waals surface area (Å²) in [4.78, 5) is 54.5. The Morgan fingerprint density at radius 3 is 2.65 bits per heavy atom. The number of hydrogen-bond donors (Lipinski definition) is 3. The van der Waals surface area contributed by atoms with Gasteiger partial charge < -0.3 is 19.9 Å². The Hall–Kier alpha value is -2.79. The van der Waals surface area contributed by atoms with Crippen molar-refractivity contribution in [2.45, 2.75) is 29.5 Å². The summed E-state index contributed by atoms with van der Waals surface area (Å²) in [6.45, 7) is 1.61. The van der Waals surface area contributed by atoms with Crippen molar-refractivity contribution in [3.8, 4) is 11.5 Å². The quantitative estimate of drug-likeness (QED) is 0.529. The number of benzene rings is 1. The number of aliphatic carboxylic acids is 1. The first kappa shape index (κ1) is 21.7. The molecule has 6 unspecified atom stereocenters. The number of aromatic nitrogens is 1. The number of amides is 2. The summed E-state index contributed by atoms with van der Waals surface area (Å²) in [6.07, 6.45) is 0.724. The molecule has 2 aliphatic heterocycles. The molecule has 7 atom stereocenters. The molecule has 2 aliphatic carbocycles. The van der Waals surface area contributed by atoms with Crippen LogP contribution in [-0.4, -0.2) is 56.3 Å². The summed E-state index contributed by atoms with van der Waals surface area (Å²) < 4.78 is 5.60. The first-order valence-electron chi connectivity index (χ1n) is 11.2. The molecule has 34 heavy (non-hydrogen) atoms. The molecule has 11 heteroatoms. The Balaban J connectivity index is 1.45. The predicted molar refractivity (Wildman–Crippen MR) is 122 cm³/mol. The molecule has 178 valence electrons. The third-order valence-corrected chi connectivity index (χ3v) is 10.3. The van der Waals surface area contributed by atoms with Crippen molar-refractivity contribution in [2.75, 3.05) is 13.2 Å². The van der Waals surface area contributed by atoms with Gasteiger partial charge in [0, 0.05) is 16.0 Å². The average Bonchev–Trinajstić information content (AvgIpc) is 3.51. The van der Waals surface area contributed by atoms with Crippen molar-refractivity contribution >= 4 is 40.9 Å². The molecular weight excluding hydrogens is 480 g/mol. The molecule has 1 aromatic carbocycles. The van der Waals surface area contributed by atoms with Crippen molar-refractivity contribution in [1.29, 1.82) is 0 Å². The number of H-pyrrole nitrogens is 1. The van der Waals surface area contributed by atoms with Gasteiger partial charge in [0.05, 0.1) is 23.5 Å². The summed E-state index contributed by atoms with van der Waals surface area (Å²) in [5, 5.41) is 20.2. The minimum absolute atomic E-state index is 0.00394. The lowest BCUT2D eigenvalue weighted by Crippen LogP contribution is -2.42. The Kier molecular flexibility index (Phi) is 4.86. The zero-order valence-corrected chi connectivity index (χ0v) is 19.7. The molecule has 0 radical (unpaired) electrons. The molecule has 3 fully saturated rings. The number of phenols is 1. The highest BCUT2D eigenvalue weighted by Crippen LogP contribution is 2.68. The van der Waals surface area contributed by atoms with E-state index in [2.05, 4.69) is 4.98 Å². The van der Waals surface area contributed by atoms with E-state index in [4.69, 9.17) is 4.74 Å². The molecule has 4 aliphatic rings. The van der Waals surface area contributed by atoms with E-state index in [0.29, 0.717) is 12.4 Å². The van der Waals surface area contributed by atoms with Crippen LogP contribution in [0.15, 0.2) is 28.0 Å². The standard InChI is InChI=1S/C23H22N2O7S2/c1-2-32-12-5-8(3-4-11(12)26)14-15-9-6-10(18(15)33-20-19(14)34-23(31)24-20)17-16(9)21(29)25(22(17)30)7-13(27)28/h3-5,9-10,14-18,26H,2,6-7H2,1H3,(H,24,31)(H,27,28)/t9?,10?,14?,15-,16?,17?,18?/m0/s1. The van der Waals surface area contributed by atoms with Gasteiger partial charge in [-0.2, -0.15) is 0 Å². The smallest absolute Gasteiger partial charge is 0.323 e. The summed E-state index contributed by atoms with van der Waals surface area (Å²) in [7, 11) is 0. The lowest BCUT2D eigenvalue weighted by Gasteiger charge is -2.43. The first-order valence-corrected chi connectivity index (χ1v) is 12.9. The van der Waals surface area contributed by atoms with Gasteiger partial charge in [0.1, 0.15) is 6.54 Å². The highest BCUT2D eigenvalue weighted by atomic mass is 32.2. The fourth-order valence-corrected chi connectivity index (χ4v) is 9.63. The van der Waals surface area contributed by atoms with E-state index in [-0.39, 0.29) is 51.4 Å². The first-order chi connectivity index (χ1) is 16.3. The number of aromatic amines is 1. The van der Waals surface area contributed by atoms with Gasteiger partial charge >= 0.3 is 10.8 Å². The third-order valence-electron chi connectivity index (χ3n) is 7.75. The zero-order chi connectivity index (χ0) is 23.9. The van der Waals surface area contributed by atoms with Gasteiger partial charge in [0.15, 0.2) is 11.5 Å². The molecule has 2 saturated carbocycles. The molecule has 3 N–H and O–H groups in total. The fraction of sp³-hybridized carbons (Fsp3) is 0.478. The summed E-state index contributed by atoms with van der Waals surface area (Å²) in [6, 6.07) is 5.21. The Labute approximate surface area is 202 Å². The second-order valence-electron chi connectivity index (χ2n) is 9.28. The SMILES string of the molecule is CCOc1cc(C2c3sc(=O)[nH]c3SC3C4CC(C5C(=O)N(CC(=O)O)C(=O)C45)[C@@H]23)ccc1O. The minimum Gasteiger partial charge on any atom is -0.504 e. The fourth-order valence-electron chi connectivity index (χ4n) is 6.74. The number of aromatic hydroxyl groups is 1. The highest BCUT2D eigenvalue weighted by molar-refractivity contribution is 8.00. The van der Waals surface area contributed by atoms with Crippen LogP contribution >= 0.6 is 23.1 Å². The number of fused-ring (bicyclic) bond motifs is 9. The molecule has 9 nitrogen and oxygen atoms in total. The zero-order valence-electron chi connectivity index (χ0n) is 18.1. The second-order valence-corrected chi connectivity index (χ2v) is 11.5. The number of carboxylic acid groups (broad SMARTS) is 1. The van der Waals surface area contributed by atoms with Crippen LogP contribution in [0.4, 0.5) is 0 Å². The van der Waals surface area contributed by atoms with E-state index in [1.54, 1.807) is 23.9 Å². The number of nitrogens with one attached hydrogen (secondary N) is 1. The summed E-state index contributed by atoms with van der Waals surface area (Å²) in [5.74, 6) is -2.97. The van der Waals surface area contributed by atoms with Crippen molar-refractivity contribution in [3.63, 3.8) is 0 Å². The van der Waals surface area contributed by atoms with E-state index >= 15 is 0 Å². The second kappa shape index (κ2) is 7.61. The lowest BCUT2D eigenvalue weighted by molar-refractivity contribution is -0.149. The molecular formula is C23H22N2O7S2. The number of phenolic OH excluding ortho intramolecular Hbond substituents is 1. The van der Waals surface area contributed by atoms with Gasteiger partial charge in [-0.1, -0.05) is 17.4 Å². The van der Waals surface area contributed by atoms with E-state index in [1.165, 1.54) is 0 Å². The van der Waals surface area contributed by atoms with E-state index in [9.17, 15) is 29.4 Å². The van der Waals surface area contributed by atoms with Gasteiger partial charge in [-0.15, -0.1) is 11.8 Å². The number of carbonyl (C=O) groups excluding carboxylic acids is 2. The van der Waals surface area contributed by atoms with Gasteiger partial charge in [-0.3, -0.25) is 24.1 Å². The molecule has 1 aromatic heterocycles. The van der Waals surface area contributed by atoms with Gasteiger partial charge in [0.2, 0.25) is 11.8 Å². The number of thioether (sulfide) groups is 1. The number of carbonyl (C=O) groups is 3. The van der Waals surface area contributed by atoms with Gasteiger partial charge in [-0.05, 0) is 48.8 Å². The van der Waals surface area contributed by atoms with Gasteiger partial charge in [-0.25, -0.2) is 0 Å². The Morgan fingerprint density at radius 1 is 1.21 bits per heavy atom. The van der Waals surface area contributed by atoms with Crippen LogP contribution in [-0.2, 0) is 14.4 Å². The minimum atomic E-state index is -1.20. The molecule has 3 heterocycles. The number of hydrogen-bond acceptors (Lipinski definition) is 8. The van der Waals surface area contributed by atoms with Crippen LogP contribution in [0.3, 0.4) is 0 Å². The van der Waals surface area contributed by atoms with Crippen LogP contribution in [0.5, 0.6) is 11.5 Å². The number of carboxylic acids is 1. The molecule has 2 bridgehead atoms. The number of imide groups is 1. The van der Waals surface area contributed by atoms with Crippen molar-refractivity contribution in [1.82, 2.24) is 9.88 Å². The monoisotopic (exact) mass is 502 g/mol. The van der Waals surface area contributed by atoms with Crippen molar-refractivity contribution in [3.05, 3.63) is 38.3 Å². The summed E-state index contributed by atoms with van der Waals surface area (Å²) in [5.41, 5.74) is 0.885. The Bertz CT molecular complexity index is 1290. The highest BCUT2D eigenvalue weighted by Gasteiger charge is 2.69. The average molecular weight is 503 g/mol. The molecule has 1 saturated heterocycles. The maximum Gasteiger partial charge on any atom is 0.323 e. The van der Waals surface area contributed by atoms with Crippen LogP contribution in [0.1, 0.15) is 29.7 Å². The normalized spacial score (nSPS) is 33.1. The van der Waals surface area contributed by atoms with Gasteiger partial charge in [0.25, 0.3) is 0 Å². The largest absolute Gasteiger partial charge is 0.504 e. The summed E-state index contributed by atoms with van der Waals surface area (Å²) >= 11 is 2.72. The van der Waals surface area contributed by atoms with E-state index in [0.717, 1.165) is 38.1 Å². The number of rotatable bonds is 5. The molecule has 6 rings (SSSR count). The lowest BCUT2D eigenvalue weighted by atomic mass is 9.68. The number of likely N-dealkylation sites (tertiary alicyclic amines) is 1. The maximum atomic E-state index is 13.2. The molecule has 2 aromatic rings. The van der Waals surface area contributed by atoms with E-state index < -0.39 is 24.3 Å². The predicted octanol–water partition coefficient (Wildman–Crippen LogP) is 2.10. The maximum absolute atomic E-state index is 13.2. The number of nitrogens with zero attached hydrogens (tertiary/aromatic N) is 1. The number of thiazole rings is 1. The van der Waals surface area contributed by atoms with Crippen LogP contribution < -0.4 is 9.61 Å². The van der Waals surface area contributed by atoms with Crippen LogP contribution in [0, 0.1) is 29.6 Å². The van der Waals surface area contributed by atoms with Crippen molar-refractivity contribution < 1.29 is 29.3 Å². The molecule has 0 spiro atoms. The Morgan fingerprint density at radius 2 is 1.94 bits per heavy atom. The van der Waals surface area contributed by atoms with Crippen molar-refractivity contribution in [2.24, 2.45) is 29.6 Å².